The average molecular weight is 332 g/mol. The number of carbonyl (C=O) groups is 1. The van der Waals surface area contributed by atoms with Crippen LogP contribution in [-0.4, -0.2) is 21.0 Å². The summed E-state index contributed by atoms with van der Waals surface area (Å²) in [7, 11) is 0. The molecule has 0 bridgehead atoms. The molecule has 0 aliphatic heterocycles. The number of para-hydroxylation sites is 1. The summed E-state index contributed by atoms with van der Waals surface area (Å²) in [6.07, 6.45) is 0. The SMILES string of the molecule is O=C(Nc1nnc(-c2cccs2)s1)c1ccccc1[N+](=O)[O-]. The van der Waals surface area contributed by atoms with Gasteiger partial charge in [-0.15, -0.1) is 21.5 Å². The molecule has 1 amide bonds. The number of rotatable bonds is 4. The van der Waals surface area contributed by atoms with Crippen molar-refractivity contribution >= 4 is 39.4 Å². The number of hydrogen-bond acceptors (Lipinski definition) is 7. The number of nitrogens with one attached hydrogen (secondary N) is 1. The van der Waals surface area contributed by atoms with Crippen LogP contribution in [0.1, 0.15) is 10.4 Å². The van der Waals surface area contributed by atoms with Gasteiger partial charge in [-0.3, -0.25) is 20.2 Å². The van der Waals surface area contributed by atoms with Crippen LogP contribution >= 0.6 is 22.7 Å². The van der Waals surface area contributed by atoms with Crippen molar-refractivity contribution in [3.05, 3.63) is 57.5 Å². The van der Waals surface area contributed by atoms with Gasteiger partial charge in [-0.25, -0.2) is 0 Å². The molecule has 0 saturated heterocycles. The van der Waals surface area contributed by atoms with Crippen molar-refractivity contribution in [2.75, 3.05) is 5.32 Å². The lowest BCUT2D eigenvalue weighted by Crippen LogP contribution is -2.13. The molecule has 0 aliphatic rings. The predicted octanol–water partition coefficient (Wildman–Crippen LogP) is 3.43. The number of nitrogens with zero attached hydrogens (tertiary/aromatic N) is 3. The van der Waals surface area contributed by atoms with Gasteiger partial charge in [0, 0.05) is 6.07 Å². The Kier molecular flexibility index (Phi) is 3.90. The summed E-state index contributed by atoms with van der Waals surface area (Å²) in [6, 6.07) is 9.56. The number of carbonyl (C=O) groups excluding carboxylic acids is 1. The molecule has 1 N–H and O–H groups in total. The minimum atomic E-state index is -0.591. The fourth-order valence-corrected chi connectivity index (χ4v) is 3.29. The summed E-state index contributed by atoms with van der Waals surface area (Å²) in [5.41, 5.74) is -0.261. The van der Waals surface area contributed by atoms with Crippen molar-refractivity contribution in [1.29, 1.82) is 0 Å². The molecule has 0 atom stereocenters. The number of aromatic nitrogens is 2. The molecule has 0 radical (unpaired) electrons. The van der Waals surface area contributed by atoms with Crippen molar-refractivity contribution in [3.63, 3.8) is 0 Å². The maximum Gasteiger partial charge on any atom is 0.282 e. The van der Waals surface area contributed by atoms with Crippen LogP contribution < -0.4 is 5.32 Å². The average Bonchev–Trinajstić information content (AvgIpc) is 3.17. The number of nitro benzene ring substituents is 1. The second-order valence-corrected chi connectivity index (χ2v) is 6.04. The number of hydrogen-bond donors (Lipinski definition) is 1. The summed E-state index contributed by atoms with van der Waals surface area (Å²) in [5, 5.41) is 24.3. The predicted molar refractivity (Wildman–Crippen MR) is 84.3 cm³/mol. The molecule has 0 unspecified atom stereocenters. The Bertz CT molecular complexity index is 829. The summed E-state index contributed by atoms with van der Waals surface area (Å²) >= 11 is 2.73. The molecule has 1 aromatic carbocycles. The highest BCUT2D eigenvalue weighted by molar-refractivity contribution is 7.23. The van der Waals surface area contributed by atoms with Gasteiger partial charge in [0.15, 0.2) is 5.01 Å². The maximum absolute atomic E-state index is 12.2. The molecule has 7 nitrogen and oxygen atoms in total. The first kappa shape index (κ1) is 14.3. The summed E-state index contributed by atoms with van der Waals surface area (Å²) in [4.78, 5) is 23.5. The monoisotopic (exact) mass is 332 g/mol. The van der Waals surface area contributed by atoms with Crippen LogP contribution in [0.3, 0.4) is 0 Å². The number of thiophene rings is 1. The highest BCUT2D eigenvalue weighted by atomic mass is 32.1. The van der Waals surface area contributed by atoms with E-state index >= 15 is 0 Å². The molecular formula is C13H8N4O3S2. The Hall–Kier alpha value is -2.65. The third-order valence-electron chi connectivity index (χ3n) is 2.72. The highest BCUT2D eigenvalue weighted by Crippen LogP contribution is 2.30. The van der Waals surface area contributed by atoms with Gasteiger partial charge in [0.1, 0.15) is 5.56 Å². The van der Waals surface area contributed by atoms with E-state index in [9.17, 15) is 14.9 Å². The molecule has 2 heterocycles. The van der Waals surface area contributed by atoms with Crippen molar-refractivity contribution in [2.24, 2.45) is 0 Å². The molecular weight excluding hydrogens is 324 g/mol. The Balaban J connectivity index is 1.82. The van der Waals surface area contributed by atoms with Gasteiger partial charge in [0.2, 0.25) is 5.13 Å². The van der Waals surface area contributed by atoms with Crippen LogP contribution in [0.25, 0.3) is 9.88 Å². The van der Waals surface area contributed by atoms with Crippen LogP contribution in [0, 0.1) is 10.1 Å². The van der Waals surface area contributed by atoms with Gasteiger partial charge < -0.3 is 0 Å². The van der Waals surface area contributed by atoms with E-state index in [1.165, 1.54) is 40.9 Å². The van der Waals surface area contributed by atoms with Crippen LogP contribution in [0.2, 0.25) is 0 Å². The third kappa shape index (κ3) is 2.85. The van der Waals surface area contributed by atoms with Crippen LogP contribution in [0.5, 0.6) is 0 Å². The maximum atomic E-state index is 12.2. The van der Waals surface area contributed by atoms with Gasteiger partial charge in [-0.1, -0.05) is 29.5 Å². The van der Waals surface area contributed by atoms with E-state index in [1.807, 2.05) is 17.5 Å². The first-order chi connectivity index (χ1) is 10.6. The van der Waals surface area contributed by atoms with E-state index in [4.69, 9.17) is 0 Å². The Morgan fingerprint density at radius 2 is 2.00 bits per heavy atom. The fourth-order valence-electron chi connectivity index (χ4n) is 1.76. The second kappa shape index (κ2) is 6.00. The highest BCUT2D eigenvalue weighted by Gasteiger charge is 2.20. The van der Waals surface area contributed by atoms with Crippen molar-refractivity contribution in [1.82, 2.24) is 10.2 Å². The minimum absolute atomic E-state index is 0.0135. The topological polar surface area (TPSA) is 98.0 Å². The van der Waals surface area contributed by atoms with Gasteiger partial charge >= 0.3 is 0 Å². The Morgan fingerprint density at radius 1 is 1.18 bits per heavy atom. The van der Waals surface area contributed by atoms with Gasteiger partial charge in [-0.05, 0) is 17.5 Å². The number of nitro groups is 1. The lowest BCUT2D eigenvalue weighted by Gasteiger charge is -2.01. The Morgan fingerprint density at radius 3 is 2.73 bits per heavy atom. The fraction of sp³-hybridized carbons (Fsp3) is 0. The smallest absolute Gasteiger partial charge is 0.282 e. The Labute approximate surface area is 132 Å². The standard InChI is InChI=1S/C13H8N4O3S2/c18-11(8-4-1-2-5-9(8)17(19)20)14-13-16-15-12(22-13)10-6-3-7-21-10/h1-7H,(H,14,16,18). The van der Waals surface area contributed by atoms with Crippen LogP contribution in [-0.2, 0) is 0 Å². The minimum Gasteiger partial charge on any atom is -0.296 e. The van der Waals surface area contributed by atoms with Gasteiger partial charge in [-0.2, -0.15) is 0 Å². The van der Waals surface area contributed by atoms with Gasteiger partial charge in [0.05, 0.1) is 9.80 Å². The third-order valence-corrected chi connectivity index (χ3v) is 4.60. The molecule has 3 rings (SSSR count). The normalized spacial score (nSPS) is 10.4. The zero-order chi connectivity index (χ0) is 15.5. The van der Waals surface area contributed by atoms with Crippen molar-refractivity contribution < 1.29 is 9.72 Å². The number of amides is 1. The summed E-state index contributed by atoms with van der Waals surface area (Å²) in [5.74, 6) is -0.582. The van der Waals surface area contributed by atoms with E-state index < -0.39 is 10.8 Å². The molecule has 0 spiro atoms. The summed E-state index contributed by atoms with van der Waals surface area (Å²) < 4.78 is 0. The lowest BCUT2D eigenvalue weighted by molar-refractivity contribution is -0.385. The van der Waals surface area contributed by atoms with E-state index in [0.29, 0.717) is 10.1 Å². The van der Waals surface area contributed by atoms with E-state index in [0.717, 1.165) is 4.88 Å². The van der Waals surface area contributed by atoms with Crippen molar-refractivity contribution in [3.8, 4) is 9.88 Å². The summed E-state index contributed by atoms with van der Waals surface area (Å²) in [6.45, 7) is 0. The zero-order valence-electron chi connectivity index (χ0n) is 10.9. The van der Waals surface area contributed by atoms with E-state index in [1.54, 1.807) is 6.07 Å². The largest absolute Gasteiger partial charge is 0.296 e. The molecule has 0 saturated carbocycles. The van der Waals surface area contributed by atoms with Crippen LogP contribution in [0.4, 0.5) is 10.8 Å². The number of anilines is 1. The van der Waals surface area contributed by atoms with Gasteiger partial charge in [0.25, 0.3) is 11.6 Å². The van der Waals surface area contributed by atoms with Crippen LogP contribution in [0.15, 0.2) is 41.8 Å². The first-order valence-corrected chi connectivity index (χ1v) is 7.77. The molecule has 0 fully saturated rings. The molecule has 2 aromatic heterocycles. The van der Waals surface area contributed by atoms with Crippen molar-refractivity contribution in [2.45, 2.75) is 0 Å². The number of benzene rings is 1. The van der Waals surface area contributed by atoms with E-state index in [-0.39, 0.29) is 11.3 Å². The molecule has 9 heteroatoms. The quantitative estimate of drug-likeness (QED) is 0.583. The molecule has 3 aromatic rings. The van der Waals surface area contributed by atoms with E-state index in [2.05, 4.69) is 15.5 Å². The molecule has 0 aliphatic carbocycles. The zero-order valence-corrected chi connectivity index (χ0v) is 12.6. The molecule has 110 valence electrons. The lowest BCUT2D eigenvalue weighted by atomic mass is 10.1. The second-order valence-electron chi connectivity index (χ2n) is 4.12. The first-order valence-electron chi connectivity index (χ1n) is 6.07. The molecule has 22 heavy (non-hydrogen) atoms.